The van der Waals surface area contributed by atoms with Crippen LogP contribution in [-0.4, -0.2) is 23.4 Å². The predicted molar refractivity (Wildman–Crippen MR) is 96.6 cm³/mol. The molecule has 0 N–H and O–H groups in total. The van der Waals surface area contributed by atoms with Crippen molar-refractivity contribution in [2.45, 2.75) is 12.8 Å². The average Bonchev–Trinajstić information content (AvgIpc) is 2.59. The topological polar surface area (TPSA) is 24.7 Å². The maximum atomic E-state index is 6.15. The molecule has 114 valence electrons. The van der Waals surface area contributed by atoms with Crippen molar-refractivity contribution in [1.29, 1.82) is 0 Å². The quantitative estimate of drug-likeness (QED) is 0.495. The Balaban J connectivity index is 1.71. The van der Waals surface area contributed by atoms with Gasteiger partial charge in [-0.1, -0.05) is 83.9 Å². The summed E-state index contributed by atoms with van der Waals surface area (Å²) in [4.78, 5) is 8.74. The first-order valence-corrected chi connectivity index (χ1v) is 8.03. The van der Waals surface area contributed by atoms with Crippen LogP contribution in [0.25, 0.3) is 0 Å². The Morgan fingerprint density at radius 1 is 0.636 bits per heavy atom. The number of hydrogen-bond donors (Lipinski definition) is 0. The number of rotatable bonds is 7. The van der Waals surface area contributed by atoms with Crippen LogP contribution in [0.4, 0.5) is 0 Å². The van der Waals surface area contributed by atoms with Gasteiger partial charge in [-0.2, -0.15) is 0 Å². The molecule has 2 aromatic carbocycles. The van der Waals surface area contributed by atoms with Crippen LogP contribution in [0.15, 0.2) is 70.6 Å². The molecular weight excluding hydrogens is 315 g/mol. The van der Waals surface area contributed by atoms with E-state index in [1.54, 1.807) is 0 Å². The number of unbranched alkanes of at least 4 members (excludes halogenated alkanes) is 1. The Morgan fingerprint density at radius 3 is 1.36 bits per heavy atom. The largest absolute Gasteiger partial charge is 0.273 e. The first-order chi connectivity index (χ1) is 10.8. The molecule has 0 amide bonds. The van der Waals surface area contributed by atoms with E-state index in [2.05, 4.69) is 9.98 Å². The molecular formula is C18H18Cl2N2. The number of benzene rings is 2. The van der Waals surface area contributed by atoms with Crippen molar-refractivity contribution >= 4 is 33.5 Å². The summed E-state index contributed by atoms with van der Waals surface area (Å²) in [6, 6.07) is 19.5. The summed E-state index contributed by atoms with van der Waals surface area (Å²) in [5.41, 5.74) is 1.91. The second-order valence-electron chi connectivity index (χ2n) is 4.78. The Hall–Kier alpha value is -1.64. The van der Waals surface area contributed by atoms with Crippen LogP contribution >= 0.6 is 23.2 Å². The second kappa shape index (κ2) is 9.39. The smallest absolute Gasteiger partial charge is 0.130 e. The standard InChI is InChI=1S/C18H18Cl2N2/c19-17(15-9-3-1-4-10-15)21-13-7-8-14-22-18(20)16-11-5-2-6-12-16/h1-6,9-12H,7-8,13-14H2. The number of hydrogen-bond acceptors (Lipinski definition) is 2. The van der Waals surface area contributed by atoms with Gasteiger partial charge in [0.15, 0.2) is 0 Å². The molecule has 0 spiro atoms. The minimum Gasteiger partial charge on any atom is -0.273 e. The van der Waals surface area contributed by atoms with E-state index >= 15 is 0 Å². The molecule has 0 saturated carbocycles. The van der Waals surface area contributed by atoms with Gasteiger partial charge < -0.3 is 0 Å². The zero-order chi connectivity index (χ0) is 15.6. The van der Waals surface area contributed by atoms with Gasteiger partial charge in [0.2, 0.25) is 0 Å². The third kappa shape index (κ3) is 5.63. The summed E-state index contributed by atoms with van der Waals surface area (Å²) in [6.07, 6.45) is 1.87. The molecule has 2 aromatic rings. The third-order valence-electron chi connectivity index (χ3n) is 3.09. The Labute approximate surface area is 141 Å². The normalized spacial score (nSPS) is 12.5. The van der Waals surface area contributed by atoms with Gasteiger partial charge in [-0.15, -0.1) is 0 Å². The first-order valence-electron chi connectivity index (χ1n) is 7.28. The van der Waals surface area contributed by atoms with E-state index in [1.165, 1.54) is 0 Å². The highest BCUT2D eigenvalue weighted by atomic mass is 35.5. The molecule has 0 radical (unpaired) electrons. The van der Waals surface area contributed by atoms with Gasteiger partial charge in [0.1, 0.15) is 10.3 Å². The fourth-order valence-corrected chi connectivity index (χ4v) is 2.33. The fourth-order valence-electron chi connectivity index (χ4n) is 1.91. The number of halogens is 2. The Kier molecular flexibility index (Phi) is 7.14. The molecule has 0 atom stereocenters. The lowest BCUT2D eigenvalue weighted by atomic mass is 10.2. The molecule has 0 aliphatic rings. The molecule has 0 aliphatic carbocycles. The van der Waals surface area contributed by atoms with Crippen molar-refractivity contribution in [3.05, 3.63) is 71.8 Å². The maximum Gasteiger partial charge on any atom is 0.130 e. The highest BCUT2D eigenvalue weighted by Gasteiger charge is 1.98. The number of nitrogens with zero attached hydrogens (tertiary/aromatic N) is 2. The van der Waals surface area contributed by atoms with Gasteiger partial charge in [-0.3, -0.25) is 9.98 Å². The van der Waals surface area contributed by atoms with Gasteiger partial charge in [0.25, 0.3) is 0 Å². The molecule has 0 aliphatic heterocycles. The summed E-state index contributed by atoms with van der Waals surface area (Å²) < 4.78 is 0. The zero-order valence-electron chi connectivity index (χ0n) is 12.3. The molecule has 0 unspecified atom stereocenters. The fraction of sp³-hybridized carbons (Fsp3) is 0.222. The zero-order valence-corrected chi connectivity index (χ0v) is 13.8. The molecule has 0 fully saturated rings. The lowest BCUT2D eigenvalue weighted by Crippen LogP contribution is -1.95. The molecule has 0 heterocycles. The van der Waals surface area contributed by atoms with Crippen LogP contribution in [0.1, 0.15) is 24.0 Å². The van der Waals surface area contributed by atoms with E-state index in [9.17, 15) is 0 Å². The molecule has 22 heavy (non-hydrogen) atoms. The highest BCUT2D eigenvalue weighted by molar-refractivity contribution is 6.69. The summed E-state index contributed by atoms with van der Waals surface area (Å²) in [5.74, 6) is 0. The van der Waals surface area contributed by atoms with E-state index in [4.69, 9.17) is 23.2 Å². The van der Waals surface area contributed by atoms with Gasteiger partial charge in [-0.25, -0.2) is 0 Å². The summed E-state index contributed by atoms with van der Waals surface area (Å²) in [6.45, 7) is 1.40. The van der Waals surface area contributed by atoms with Crippen LogP contribution in [0.2, 0.25) is 0 Å². The van der Waals surface area contributed by atoms with Crippen molar-refractivity contribution in [1.82, 2.24) is 0 Å². The monoisotopic (exact) mass is 332 g/mol. The van der Waals surface area contributed by atoms with Crippen LogP contribution < -0.4 is 0 Å². The van der Waals surface area contributed by atoms with Crippen molar-refractivity contribution in [2.24, 2.45) is 9.98 Å². The van der Waals surface area contributed by atoms with Gasteiger partial charge in [-0.05, 0) is 12.8 Å². The van der Waals surface area contributed by atoms with Gasteiger partial charge >= 0.3 is 0 Å². The van der Waals surface area contributed by atoms with Gasteiger partial charge in [0, 0.05) is 24.2 Å². The van der Waals surface area contributed by atoms with E-state index in [0.29, 0.717) is 23.4 Å². The van der Waals surface area contributed by atoms with E-state index in [0.717, 1.165) is 24.0 Å². The Morgan fingerprint density at radius 2 is 1.00 bits per heavy atom. The molecule has 0 saturated heterocycles. The molecule has 0 aromatic heterocycles. The summed E-state index contributed by atoms with van der Waals surface area (Å²) >= 11 is 12.3. The summed E-state index contributed by atoms with van der Waals surface area (Å²) in [5, 5.41) is 1.12. The van der Waals surface area contributed by atoms with Crippen molar-refractivity contribution in [3.63, 3.8) is 0 Å². The average molecular weight is 333 g/mol. The first kappa shape index (κ1) is 16.7. The van der Waals surface area contributed by atoms with E-state index in [1.807, 2.05) is 60.7 Å². The molecule has 2 rings (SSSR count). The van der Waals surface area contributed by atoms with Crippen molar-refractivity contribution < 1.29 is 0 Å². The SMILES string of the molecule is ClC(=NCCCCN=C(Cl)c1ccccc1)c1ccccc1. The number of aliphatic imine (C=N–C) groups is 2. The maximum absolute atomic E-state index is 6.15. The third-order valence-corrected chi connectivity index (χ3v) is 3.77. The Bertz CT molecular complexity index is 565. The highest BCUT2D eigenvalue weighted by Crippen LogP contribution is 2.07. The lowest BCUT2D eigenvalue weighted by molar-refractivity contribution is 0.759. The summed E-state index contributed by atoms with van der Waals surface area (Å²) in [7, 11) is 0. The second-order valence-corrected chi connectivity index (χ2v) is 5.50. The lowest BCUT2D eigenvalue weighted by Gasteiger charge is -2.00. The molecule has 0 bridgehead atoms. The molecule has 2 nitrogen and oxygen atoms in total. The minimum absolute atomic E-state index is 0.561. The van der Waals surface area contributed by atoms with Crippen molar-refractivity contribution in [3.8, 4) is 0 Å². The molecule has 4 heteroatoms. The van der Waals surface area contributed by atoms with Crippen LogP contribution in [0.3, 0.4) is 0 Å². The van der Waals surface area contributed by atoms with E-state index in [-0.39, 0.29) is 0 Å². The van der Waals surface area contributed by atoms with Crippen LogP contribution in [0.5, 0.6) is 0 Å². The van der Waals surface area contributed by atoms with Gasteiger partial charge in [0.05, 0.1) is 0 Å². The van der Waals surface area contributed by atoms with Crippen LogP contribution in [-0.2, 0) is 0 Å². The van der Waals surface area contributed by atoms with E-state index < -0.39 is 0 Å². The van der Waals surface area contributed by atoms with Crippen molar-refractivity contribution in [2.75, 3.05) is 13.1 Å². The van der Waals surface area contributed by atoms with Crippen LogP contribution in [0, 0.1) is 0 Å². The minimum atomic E-state index is 0.561. The predicted octanol–water partition coefficient (Wildman–Crippen LogP) is 5.14.